The number of pyridine rings is 1. The van der Waals surface area contributed by atoms with Crippen LogP contribution in [0.2, 0.25) is 5.02 Å². The molecule has 0 radical (unpaired) electrons. The number of nitrogens with one attached hydrogen (secondary N) is 1. The molecule has 1 fully saturated rings. The number of benzene rings is 1. The highest BCUT2D eigenvalue weighted by molar-refractivity contribution is 9.10. The lowest BCUT2D eigenvalue weighted by Crippen LogP contribution is -2.61. The molecule has 2 aliphatic rings. The Bertz CT molecular complexity index is 1260. The van der Waals surface area contributed by atoms with Crippen LogP contribution in [0.3, 0.4) is 0 Å². The van der Waals surface area contributed by atoms with Gasteiger partial charge in [0.25, 0.3) is 0 Å². The fraction of sp³-hybridized carbons (Fsp3) is 0.467. The highest BCUT2D eigenvalue weighted by Crippen LogP contribution is 2.38. The van der Waals surface area contributed by atoms with Gasteiger partial charge in [-0.1, -0.05) is 17.7 Å². The van der Waals surface area contributed by atoms with E-state index in [-0.39, 0.29) is 18.1 Å². The zero-order valence-corrected chi connectivity index (χ0v) is 26.4. The van der Waals surface area contributed by atoms with Gasteiger partial charge < -0.3 is 15.0 Å². The van der Waals surface area contributed by atoms with Crippen molar-refractivity contribution >= 4 is 46.2 Å². The van der Waals surface area contributed by atoms with Gasteiger partial charge in [0.2, 0.25) is 5.91 Å². The number of piperazine rings is 1. The summed E-state index contributed by atoms with van der Waals surface area (Å²) < 4.78 is 6.46. The number of hydrogen-bond acceptors (Lipinski definition) is 7. The SMILES string of the molecule is C=N/C=C(/CCNC(=O)[C@H]1CN(C2c3ccc(Cl)cc3CCc3cc(Br)cnc32)CCN1C(=O)OC(C)C)N(C)C. The van der Waals surface area contributed by atoms with E-state index in [1.165, 1.54) is 0 Å². The number of aliphatic imine (C=N–C) groups is 1. The van der Waals surface area contributed by atoms with E-state index in [4.69, 9.17) is 21.3 Å². The summed E-state index contributed by atoms with van der Waals surface area (Å²) in [6, 6.07) is 7.20. The number of amides is 2. The Balaban J connectivity index is 1.65. The number of halogens is 2. The first-order chi connectivity index (χ1) is 19.6. The molecule has 1 aromatic carbocycles. The van der Waals surface area contributed by atoms with Crippen molar-refractivity contribution in [1.82, 2.24) is 25.0 Å². The molecule has 2 aromatic rings. The van der Waals surface area contributed by atoms with Crippen LogP contribution in [0.4, 0.5) is 4.79 Å². The Kier molecular flexibility index (Phi) is 10.4. The Morgan fingerprint density at radius 1 is 1.27 bits per heavy atom. The lowest BCUT2D eigenvalue weighted by Gasteiger charge is -2.43. The third kappa shape index (κ3) is 7.47. The maximum Gasteiger partial charge on any atom is 0.410 e. The van der Waals surface area contributed by atoms with E-state index >= 15 is 0 Å². The van der Waals surface area contributed by atoms with Crippen molar-refractivity contribution in [2.45, 2.75) is 51.3 Å². The van der Waals surface area contributed by atoms with Gasteiger partial charge in [0.15, 0.2) is 0 Å². The Morgan fingerprint density at radius 3 is 2.73 bits per heavy atom. The number of fused-ring (bicyclic) bond motifs is 2. The summed E-state index contributed by atoms with van der Waals surface area (Å²) in [5.74, 6) is -0.228. The predicted octanol–water partition coefficient (Wildman–Crippen LogP) is 4.83. The van der Waals surface area contributed by atoms with Crippen molar-refractivity contribution in [3.63, 3.8) is 0 Å². The topological polar surface area (TPSA) is 90.4 Å². The smallest absolute Gasteiger partial charge is 0.410 e. The molecule has 1 saturated heterocycles. The van der Waals surface area contributed by atoms with Gasteiger partial charge in [-0.05, 0) is 84.2 Å². The van der Waals surface area contributed by atoms with Crippen LogP contribution < -0.4 is 5.32 Å². The molecule has 2 atom stereocenters. The van der Waals surface area contributed by atoms with Gasteiger partial charge >= 0.3 is 6.09 Å². The Hall–Kier alpha value is -2.95. The zero-order chi connectivity index (χ0) is 29.7. The van der Waals surface area contributed by atoms with E-state index in [1.807, 2.05) is 37.3 Å². The standard InChI is InChI=1S/C30H38BrClN6O3/c1-19(2)41-30(40)38-13-12-37(18-26(38)29(39)34-11-10-24(17-33-3)36(4)5)28-25-9-8-23(32)15-20(25)6-7-21-14-22(31)16-35-27(21)28/h8-9,14-17,19,26,28H,3,6-7,10-13,18H2,1-2,4-5H3,(H,34,39)/b24-17-/t26-,28?/m1/s1. The summed E-state index contributed by atoms with van der Waals surface area (Å²) in [6.45, 7) is 8.77. The van der Waals surface area contributed by atoms with E-state index < -0.39 is 12.1 Å². The molecule has 1 unspecified atom stereocenters. The molecule has 2 amide bonds. The molecule has 1 aliphatic carbocycles. The number of aromatic nitrogens is 1. The molecule has 2 heterocycles. The van der Waals surface area contributed by atoms with Gasteiger partial charge in [-0.3, -0.25) is 24.6 Å². The molecule has 0 bridgehead atoms. The summed E-state index contributed by atoms with van der Waals surface area (Å²) in [6.07, 6.45) is 4.96. The Morgan fingerprint density at radius 2 is 2.02 bits per heavy atom. The van der Waals surface area contributed by atoms with Crippen molar-refractivity contribution in [2.75, 3.05) is 40.3 Å². The highest BCUT2D eigenvalue weighted by Gasteiger charge is 2.41. The van der Waals surface area contributed by atoms with Crippen molar-refractivity contribution in [1.29, 1.82) is 0 Å². The summed E-state index contributed by atoms with van der Waals surface area (Å²) in [4.78, 5) is 41.3. The number of aryl methyl sites for hydroxylation is 2. The second kappa shape index (κ2) is 13.8. The third-order valence-electron chi connectivity index (χ3n) is 7.44. The van der Waals surface area contributed by atoms with E-state index in [9.17, 15) is 9.59 Å². The van der Waals surface area contributed by atoms with Crippen LogP contribution in [0.15, 0.2) is 51.8 Å². The highest BCUT2D eigenvalue weighted by atomic mass is 79.9. The van der Waals surface area contributed by atoms with E-state index in [0.717, 1.165) is 45.4 Å². The van der Waals surface area contributed by atoms with E-state index in [0.29, 0.717) is 37.6 Å². The van der Waals surface area contributed by atoms with Crippen LogP contribution in [-0.2, 0) is 22.4 Å². The quantitative estimate of drug-likeness (QED) is 0.414. The summed E-state index contributed by atoms with van der Waals surface area (Å²) in [5, 5.41) is 3.73. The largest absolute Gasteiger partial charge is 0.447 e. The number of ether oxygens (including phenoxy) is 1. The van der Waals surface area contributed by atoms with Crippen LogP contribution in [0.5, 0.6) is 0 Å². The molecule has 11 heteroatoms. The fourth-order valence-corrected chi connectivity index (χ4v) is 6.05. The molecule has 4 rings (SSSR count). The van der Waals surface area contributed by atoms with Crippen LogP contribution in [0, 0.1) is 0 Å². The monoisotopic (exact) mass is 644 g/mol. The minimum atomic E-state index is -0.739. The second-order valence-corrected chi connectivity index (χ2v) is 12.2. The lowest BCUT2D eigenvalue weighted by atomic mass is 9.95. The zero-order valence-electron chi connectivity index (χ0n) is 24.1. The summed E-state index contributed by atoms with van der Waals surface area (Å²) in [5.41, 5.74) is 5.34. The van der Waals surface area contributed by atoms with Gasteiger partial charge in [0.05, 0.1) is 17.8 Å². The number of carbonyl (C=O) groups excluding carboxylic acids is 2. The molecule has 1 aromatic heterocycles. The maximum atomic E-state index is 13.7. The van der Waals surface area contributed by atoms with E-state index in [2.05, 4.69) is 50.0 Å². The van der Waals surface area contributed by atoms with Crippen LogP contribution in [-0.4, -0.2) is 90.8 Å². The molecule has 0 saturated carbocycles. The first kappa shape index (κ1) is 31.0. The predicted molar refractivity (Wildman–Crippen MR) is 165 cm³/mol. The number of carbonyl (C=O) groups is 2. The average Bonchev–Trinajstić information content (AvgIpc) is 3.07. The molecular weight excluding hydrogens is 608 g/mol. The first-order valence-corrected chi connectivity index (χ1v) is 15.0. The second-order valence-electron chi connectivity index (χ2n) is 10.8. The van der Waals surface area contributed by atoms with Crippen molar-refractivity contribution in [3.8, 4) is 0 Å². The van der Waals surface area contributed by atoms with Gasteiger partial charge in [-0.2, -0.15) is 0 Å². The van der Waals surface area contributed by atoms with Gasteiger partial charge in [0, 0.05) is 74.3 Å². The van der Waals surface area contributed by atoms with Crippen LogP contribution in [0.25, 0.3) is 0 Å². The molecule has 1 aliphatic heterocycles. The molecule has 41 heavy (non-hydrogen) atoms. The van der Waals surface area contributed by atoms with Crippen molar-refractivity contribution in [3.05, 3.63) is 74.2 Å². The van der Waals surface area contributed by atoms with Gasteiger partial charge in [0.1, 0.15) is 6.04 Å². The average molecular weight is 646 g/mol. The van der Waals surface area contributed by atoms with Crippen LogP contribution >= 0.6 is 27.5 Å². The first-order valence-electron chi connectivity index (χ1n) is 13.8. The summed E-state index contributed by atoms with van der Waals surface area (Å²) >= 11 is 9.98. The molecular formula is C30H38BrClN6O3. The van der Waals surface area contributed by atoms with E-state index in [1.54, 1.807) is 24.9 Å². The maximum absolute atomic E-state index is 13.7. The molecule has 0 spiro atoms. The Labute approximate surface area is 255 Å². The van der Waals surface area contributed by atoms with Gasteiger partial charge in [-0.25, -0.2) is 4.79 Å². The fourth-order valence-electron chi connectivity index (χ4n) is 5.47. The van der Waals surface area contributed by atoms with Crippen molar-refractivity contribution in [2.24, 2.45) is 4.99 Å². The molecule has 1 N–H and O–H groups in total. The molecule has 9 nitrogen and oxygen atoms in total. The van der Waals surface area contributed by atoms with Crippen LogP contribution in [0.1, 0.15) is 48.7 Å². The van der Waals surface area contributed by atoms with Gasteiger partial charge in [-0.15, -0.1) is 0 Å². The lowest BCUT2D eigenvalue weighted by molar-refractivity contribution is -0.128. The number of nitrogens with zero attached hydrogens (tertiary/aromatic N) is 5. The number of rotatable bonds is 8. The number of hydrogen-bond donors (Lipinski definition) is 1. The minimum Gasteiger partial charge on any atom is -0.447 e. The minimum absolute atomic E-state index is 0.187. The normalized spacial score (nSPS) is 19.2. The molecule has 220 valence electrons. The third-order valence-corrected chi connectivity index (χ3v) is 8.10. The van der Waals surface area contributed by atoms with Crippen molar-refractivity contribution < 1.29 is 14.3 Å². The summed E-state index contributed by atoms with van der Waals surface area (Å²) in [7, 11) is 3.84.